The molecule has 2 saturated carbocycles. The van der Waals surface area contributed by atoms with Crippen molar-refractivity contribution >= 4 is 5.78 Å². The van der Waals surface area contributed by atoms with E-state index in [1.165, 1.54) is 31.2 Å². The average molecular weight is 527 g/mol. The van der Waals surface area contributed by atoms with Gasteiger partial charge in [0.1, 0.15) is 28.4 Å². The van der Waals surface area contributed by atoms with Gasteiger partial charge in [0, 0.05) is 24.4 Å². The van der Waals surface area contributed by atoms with Gasteiger partial charge in [-0.05, 0) is 82.6 Å². The lowest BCUT2D eigenvalue weighted by atomic mass is 9.75. The number of Topliss-reactive ketones (excluding diaryl/α,β-unsaturated/α-hetero) is 1. The summed E-state index contributed by atoms with van der Waals surface area (Å²) < 4.78 is 20.1. The number of ether oxygens (including phenoxy) is 3. The van der Waals surface area contributed by atoms with E-state index in [-0.39, 0.29) is 11.4 Å². The van der Waals surface area contributed by atoms with E-state index < -0.39 is 5.60 Å². The predicted molar refractivity (Wildman–Crippen MR) is 151 cm³/mol. The van der Waals surface area contributed by atoms with Crippen LogP contribution in [-0.4, -0.2) is 27.8 Å². The number of hydrogen-bond donors (Lipinski definition) is 0. The molecule has 0 atom stereocenters. The molecule has 39 heavy (non-hydrogen) atoms. The largest absolute Gasteiger partial charge is 0.501 e. The smallest absolute Gasteiger partial charge is 0.199 e. The van der Waals surface area contributed by atoms with Crippen LogP contribution < -0.4 is 9.47 Å². The van der Waals surface area contributed by atoms with Gasteiger partial charge in [0.25, 0.3) is 0 Å². The second kappa shape index (κ2) is 10.6. The summed E-state index contributed by atoms with van der Waals surface area (Å²) in [5.41, 5.74) is 4.27. The third-order valence-electron chi connectivity index (χ3n) is 8.63. The monoisotopic (exact) mass is 526 g/mol. The van der Waals surface area contributed by atoms with Crippen LogP contribution in [0.25, 0.3) is 11.3 Å². The Bertz CT molecular complexity index is 1380. The summed E-state index contributed by atoms with van der Waals surface area (Å²) in [6, 6.07) is 15.8. The van der Waals surface area contributed by atoms with E-state index in [2.05, 4.69) is 29.5 Å². The summed E-state index contributed by atoms with van der Waals surface area (Å²) in [4.78, 5) is 12.8. The molecule has 0 unspecified atom stereocenters. The van der Waals surface area contributed by atoms with E-state index in [0.29, 0.717) is 23.5 Å². The Balaban J connectivity index is 0.000000142. The zero-order valence-electron chi connectivity index (χ0n) is 23.1. The molecule has 2 spiro atoms. The fourth-order valence-electron chi connectivity index (χ4n) is 6.71. The number of nitrogens with zero attached hydrogens (tertiary/aromatic N) is 2. The van der Waals surface area contributed by atoms with E-state index in [9.17, 15) is 4.79 Å². The SMILES string of the molecule is CCO/C=C1\C(=O)c2ccccc2OC12CCCCC2.Cn1cc2c(n1)-c1ccccc1OC21CCCCC1. The number of carbonyl (C=O) groups excluding carboxylic acids is 1. The highest BCUT2D eigenvalue weighted by atomic mass is 16.5. The van der Waals surface area contributed by atoms with Crippen molar-refractivity contribution in [1.82, 2.24) is 9.78 Å². The summed E-state index contributed by atoms with van der Waals surface area (Å²) in [5, 5.41) is 4.68. The predicted octanol–water partition coefficient (Wildman–Crippen LogP) is 7.52. The Morgan fingerprint density at radius 2 is 1.41 bits per heavy atom. The van der Waals surface area contributed by atoms with Crippen molar-refractivity contribution in [3.63, 3.8) is 0 Å². The highest BCUT2D eigenvalue weighted by Gasteiger charge is 2.46. The van der Waals surface area contributed by atoms with Gasteiger partial charge in [0.15, 0.2) is 5.78 Å². The Morgan fingerprint density at radius 1 is 0.846 bits per heavy atom. The summed E-state index contributed by atoms with van der Waals surface area (Å²) in [7, 11) is 2.00. The van der Waals surface area contributed by atoms with Crippen LogP contribution >= 0.6 is 0 Å². The molecule has 2 aliphatic heterocycles. The van der Waals surface area contributed by atoms with Gasteiger partial charge in [0.05, 0.1) is 24.0 Å². The van der Waals surface area contributed by atoms with E-state index in [0.717, 1.165) is 55.5 Å². The molecule has 7 rings (SSSR count). The van der Waals surface area contributed by atoms with Gasteiger partial charge in [-0.2, -0.15) is 5.10 Å². The molecular formula is C33H38N2O4. The Morgan fingerprint density at radius 3 is 2.08 bits per heavy atom. The van der Waals surface area contributed by atoms with Crippen LogP contribution in [0, 0.1) is 0 Å². The minimum atomic E-state index is -0.473. The molecular weight excluding hydrogens is 488 g/mol. The molecule has 0 radical (unpaired) electrons. The highest BCUT2D eigenvalue weighted by Crippen LogP contribution is 2.50. The molecule has 4 aliphatic rings. The van der Waals surface area contributed by atoms with Crippen molar-refractivity contribution < 1.29 is 19.0 Å². The second-order valence-corrected chi connectivity index (χ2v) is 11.2. The fraction of sp³-hybridized carbons (Fsp3) is 0.455. The normalized spacial score (nSPS) is 21.1. The zero-order chi connectivity index (χ0) is 26.9. The molecule has 0 bridgehead atoms. The first-order valence-corrected chi connectivity index (χ1v) is 14.5. The molecule has 6 heteroatoms. The summed E-state index contributed by atoms with van der Waals surface area (Å²) in [6.07, 6.45) is 15.0. The Labute approximate surface area is 231 Å². The van der Waals surface area contributed by atoms with Crippen molar-refractivity contribution in [2.45, 2.75) is 82.3 Å². The van der Waals surface area contributed by atoms with Crippen LogP contribution in [0.15, 0.2) is 66.6 Å². The van der Waals surface area contributed by atoms with Gasteiger partial charge >= 0.3 is 0 Å². The minimum Gasteiger partial charge on any atom is -0.501 e. The lowest BCUT2D eigenvalue weighted by Gasteiger charge is -2.42. The molecule has 0 saturated heterocycles. The van der Waals surface area contributed by atoms with Gasteiger partial charge < -0.3 is 14.2 Å². The maximum absolute atomic E-state index is 12.8. The molecule has 2 aliphatic carbocycles. The molecule has 1 aromatic heterocycles. The van der Waals surface area contributed by atoms with Crippen LogP contribution in [0.4, 0.5) is 0 Å². The van der Waals surface area contributed by atoms with Crippen molar-refractivity contribution in [3.05, 3.63) is 77.7 Å². The van der Waals surface area contributed by atoms with Crippen LogP contribution in [0.1, 0.15) is 87.1 Å². The molecule has 6 nitrogen and oxygen atoms in total. The molecule has 2 fully saturated rings. The van der Waals surface area contributed by atoms with Gasteiger partial charge in [-0.3, -0.25) is 9.48 Å². The van der Waals surface area contributed by atoms with Gasteiger partial charge in [-0.1, -0.05) is 37.1 Å². The van der Waals surface area contributed by atoms with Crippen LogP contribution in [0.5, 0.6) is 11.5 Å². The zero-order valence-corrected chi connectivity index (χ0v) is 23.1. The first-order chi connectivity index (χ1) is 19.1. The highest BCUT2D eigenvalue weighted by molar-refractivity contribution is 6.12. The minimum absolute atomic E-state index is 0.0576. The first kappa shape index (κ1) is 25.7. The number of aromatic nitrogens is 2. The van der Waals surface area contributed by atoms with Crippen molar-refractivity contribution in [1.29, 1.82) is 0 Å². The molecule has 2 aromatic carbocycles. The van der Waals surface area contributed by atoms with Gasteiger partial charge in [0.2, 0.25) is 0 Å². The van der Waals surface area contributed by atoms with Crippen LogP contribution in [0.3, 0.4) is 0 Å². The molecule has 0 amide bonds. The number of aryl methyl sites for hydroxylation is 1. The van der Waals surface area contributed by atoms with E-state index in [1.54, 1.807) is 6.26 Å². The average Bonchev–Trinajstić information content (AvgIpc) is 3.37. The van der Waals surface area contributed by atoms with Crippen molar-refractivity contribution in [3.8, 4) is 22.8 Å². The second-order valence-electron chi connectivity index (χ2n) is 11.2. The van der Waals surface area contributed by atoms with Gasteiger partial charge in [-0.15, -0.1) is 0 Å². The van der Waals surface area contributed by atoms with Crippen molar-refractivity contribution in [2.75, 3.05) is 6.61 Å². The quantitative estimate of drug-likeness (QED) is 0.255. The van der Waals surface area contributed by atoms with E-state index >= 15 is 0 Å². The topological polar surface area (TPSA) is 62.6 Å². The van der Waals surface area contributed by atoms with Crippen molar-refractivity contribution in [2.24, 2.45) is 7.05 Å². The van der Waals surface area contributed by atoms with Crippen LogP contribution in [-0.2, 0) is 17.4 Å². The third kappa shape index (κ3) is 4.64. The molecule has 3 aromatic rings. The number of rotatable bonds is 2. The number of ketones is 1. The van der Waals surface area contributed by atoms with Gasteiger partial charge in [-0.25, -0.2) is 0 Å². The first-order valence-electron chi connectivity index (χ1n) is 14.5. The lowest BCUT2D eigenvalue weighted by Crippen LogP contribution is -2.46. The fourth-order valence-corrected chi connectivity index (χ4v) is 6.71. The maximum Gasteiger partial charge on any atom is 0.199 e. The number of fused-ring (bicyclic) bond motifs is 5. The Hall–Kier alpha value is -3.54. The number of hydrogen-bond acceptors (Lipinski definition) is 5. The standard InChI is InChI=1S/C17H20O3.C16H18N2O/c1-2-19-12-14-16(18)13-8-4-5-9-15(13)20-17(14)10-6-3-7-11-17;1-18-11-13-15(17-18)12-7-3-4-8-14(12)19-16(13)9-5-2-6-10-16/h4-5,8-9,12H,2-3,6-7,10-11H2,1H3;3-4,7-8,11H,2,5-6,9-10H2,1H3/b14-12+;. The summed E-state index contributed by atoms with van der Waals surface area (Å²) in [6.45, 7) is 2.49. The summed E-state index contributed by atoms with van der Waals surface area (Å²) >= 11 is 0. The number of para-hydroxylation sites is 2. The number of carbonyl (C=O) groups is 1. The summed E-state index contributed by atoms with van der Waals surface area (Å²) in [5.74, 6) is 1.77. The van der Waals surface area contributed by atoms with E-state index in [1.807, 2.05) is 49.0 Å². The molecule has 204 valence electrons. The molecule has 3 heterocycles. The maximum atomic E-state index is 12.8. The van der Waals surface area contributed by atoms with E-state index in [4.69, 9.17) is 14.2 Å². The number of benzene rings is 2. The Kier molecular flexibility index (Phi) is 6.96. The molecule has 0 N–H and O–H groups in total. The van der Waals surface area contributed by atoms with Crippen LogP contribution in [0.2, 0.25) is 0 Å². The lowest BCUT2D eigenvalue weighted by molar-refractivity contribution is 0.0239. The third-order valence-corrected chi connectivity index (χ3v) is 8.63.